The molecule has 0 fully saturated rings. The lowest BCUT2D eigenvalue weighted by Gasteiger charge is -2.34. The average Bonchev–Trinajstić information content (AvgIpc) is 3.12. The van der Waals surface area contributed by atoms with Crippen LogP contribution in [0.5, 0.6) is 5.75 Å². The van der Waals surface area contributed by atoms with Gasteiger partial charge in [0.25, 0.3) is 0 Å². The number of amidine groups is 1. The molecular formula is C18H18N2O2. The van der Waals surface area contributed by atoms with E-state index in [0.717, 1.165) is 41.4 Å². The molecule has 112 valence electrons. The second-order valence-corrected chi connectivity index (χ2v) is 5.71. The Balaban J connectivity index is 1.82. The molecule has 0 saturated heterocycles. The van der Waals surface area contributed by atoms with Crippen LogP contribution in [0.15, 0.2) is 53.5 Å². The molecule has 0 radical (unpaired) electrons. The maximum atomic E-state index is 11.5. The van der Waals surface area contributed by atoms with Gasteiger partial charge in [0.2, 0.25) is 0 Å². The lowest BCUT2D eigenvalue weighted by molar-refractivity contribution is -0.0641. The van der Waals surface area contributed by atoms with Crippen LogP contribution in [-0.2, 0) is 12.1 Å². The largest absolute Gasteiger partial charge is 0.496 e. The third-order valence-corrected chi connectivity index (χ3v) is 4.52. The number of rotatable bonds is 3. The normalized spacial score (nSPS) is 22.3. The smallest absolute Gasteiger partial charge is 0.170 e. The molecule has 1 N–H and O–H groups in total. The van der Waals surface area contributed by atoms with Crippen LogP contribution in [0.2, 0.25) is 0 Å². The van der Waals surface area contributed by atoms with Crippen molar-refractivity contribution < 1.29 is 9.84 Å². The molecule has 0 amide bonds. The number of hydrogen-bond donors (Lipinski definition) is 1. The second kappa shape index (κ2) is 4.85. The molecule has 2 heterocycles. The molecule has 4 heteroatoms. The first-order chi connectivity index (χ1) is 10.7. The fraction of sp³-hybridized carbons (Fsp3) is 0.278. The van der Waals surface area contributed by atoms with Gasteiger partial charge in [-0.15, -0.1) is 0 Å². The van der Waals surface area contributed by atoms with Gasteiger partial charge in [0.05, 0.1) is 13.7 Å². The van der Waals surface area contributed by atoms with Gasteiger partial charge in [-0.3, -0.25) is 4.99 Å². The average molecular weight is 294 g/mol. The van der Waals surface area contributed by atoms with Crippen LogP contribution in [0.4, 0.5) is 0 Å². The Morgan fingerprint density at radius 1 is 1.18 bits per heavy atom. The zero-order valence-electron chi connectivity index (χ0n) is 12.5. The van der Waals surface area contributed by atoms with Gasteiger partial charge in [-0.1, -0.05) is 42.5 Å². The number of fused-ring (bicyclic) bond motifs is 3. The van der Waals surface area contributed by atoms with E-state index in [1.165, 1.54) is 0 Å². The molecule has 22 heavy (non-hydrogen) atoms. The highest BCUT2D eigenvalue weighted by Gasteiger charge is 2.48. The first-order valence-electron chi connectivity index (χ1n) is 7.50. The van der Waals surface area contributed by atoms with Gasteiger partial charge < -0.3 is 14.7 Å². The van der Waals surface area contributed by atoms with Gasteiger partial charge in [0, 0.05) is 24.1 Å². The Hall–Kier alpha value is -2.33. The Morgan fingerprint density at radius 2 is 1.95 bits per heavy atom. The molecule has 0 saturated carbocycles. The monoisotopic (exact) mass is 294 g/mol. The zero-order chi connectivity index (χ0) is 15.2. The molecule has 1 atom stereocenters. The van der Waals surface area contributed by atoms with E-state index in [2.05, 4.69) is 4.99 Å². The lowest BCUT2D eigenvalue weighted by Crippen LogP contribution is -2.44. The van der Waals surface area contributed by atoms with Crippen molar-refractivity contribution >= 4 is 5.84 Å². The maximum absolute atomic E-state index is 11.5. The van der Waals surface area contributed by atoms with Crippen LogP contribution in [-0.4, -0.2) is 36.0 Å². The number of aliphatic hydroxyl groups is 1. The minimum Gasteiger partial charge on any atom is -0.496 e. The standard InChI is InChI=1S/C18H18N2O2/c1-22-16-9-5-2-6-13(16)12-18(21)15-8-4-3-7-14(15)17-19-10-11-20(17)18/h2-9,21H,10-12H2,1H3. The van der Waals surface area contributed by atoms with Gasteiger partial charge in [-0.2, -0.15) is 0 Å². The number of methoxy groups -OCH3 is 1. The zero-order valence-corrected chi connectivity index (χ0v) is 12.5. The summed E-state index contributed by atoms with van der Waals surface area (Å²) < 4.78 is 5.44. The highest BCUT2D eigenvalue weighted by Crippen LogP contribution is 2.42. The van der Waals surface area contributed by atoms with E-state index in [9.17, 15) is 5.11 Å². The third-order valence-electron chi connectivity index (χ3n) is 4.52. The summed E-state index contributed by atoms with van der Waals surface area (Å²) in [6.45, 7) is 1.48. The third kappa shape index (κ3) is 1.77. The van der Waals surface area contributed by atoms with Crippen LogP contribution in [0.1, 0.15) is 16.7 Å². The summed E-state index contributed by atoms with van der Waals surface area (Å²) in [5.74, 6) is 1.71. The molecule has 1 unspecified atom stereocenters. The fourth-order valence-corrected chi connectivity index (χ4v) is 3.52. The van der Waals surface area contributed by atoms with E-state index < -0.39 is 5.72 Å². The van der Waals surface area contributed by atoms with E-state index in [0.29, 0.717) is 6.42 Å². The molecule has 2 aromatic rings. The fourth-order valence-electron chi connectivity index (χ4n) is 3.52. The van der Waals surface area contributed by atoms with Gasteiger partial charge >= 0.3 is 0 Å². The van der Waals surface area contributed by atoms with E-state index in [1.807, 2.05) is 53.4 Å². The summed E-state index contributed by atoms with van der Waals surface area (Å²) in [5, 5.41) is 11.5. The van der Waals surface area contributed by atoms with Gasteiger partial charge in [0.15, 0.2) is 5.72 Å². The van der Waals surface area contributed by atoms with Crippen LogP contribution in [0.3, 0.4) is 0 Å². The number of aliphatic imine (C=N–C) groups is 1. The Bertz CT molecular complexity index is 756. The SMILES string of the molecule is COc1ccccc1CC1(O)c2ccccc2C2=NCCN21. The summed E-state index contributed by atoms with van der Waals surface area (Å²) in [6.07, 6.45) is 0.479. The van der Waals surface area contributed by atoms with Crippen LogP contribution < -0.4 is 4.74 Å². The van der Waals surface area contributed by atoms with Crippen molar-refractivity contribution in [2.45, 2.75) is 12.1 Å². The van der Waals surface area contributed by atoms with Crippen molar-refractivity contribution in [2.75, 3.05) is 20.2 Å². The van der Waals surface area contributed by atoms with E-state index in [1.54, 1.807) is 7.11 Å². The Kier molecular flexibility index (Phi) is 2.94. The summed E-state index contributed by atoms with van der Waals surface area (Å²) in [4.78, 5) is 6.59. The first-order valence-corrected chi connectivity index (χ1v) is 7.50. The highest BCUT2D eigenvalue weighted by atomic mass is 16.5. The molecule has 4 nitrogen and oxygen atoms in total. The van der Waals surface area contributed by atoms with Crippen molar-refractivity contribution in [1.29, 1.82) is 0 Å². The molecule has 0 spiro atoms. The number of ether oxygens (including phenoxy) is 1. The Morgan fingerprint density at radius 3 is 2.82 bits per heavy atom. The topological polar surface area (TPSA) is 45.1 Å². The predicted molar refractivity (Wildman–Crippen MR) is 85.1 cm³/mol. The van der Waals surface area contributed by atoms with Crippen molar-refractivity contribution in [3.8, 4) is 5.75 Å². The van der Waals surface area contributed by atoms with Gasteiger partial charge in [0.1, 0.15) is 11.6 Å². The molecule has 2 aliphatic heterocycles. The second-order valence-electron chi connectivity index (χ2n) is 5.71. The first kappa shape index (κ1) is 13.3. The molecule has 2 aromatic carbocycles. The number of benzene rings is 2. The van der Waals surface area contributed by atoms with Crippen molar-refractivity contribution in [3.05, 3.63) is 65.2 Å². The van der Waals surface area contributed by atoms with Crippen molar-refractivity contribution in [1.82, 2.24) is 4.90 Å². The minimum atomic E-state index is -1.05. The molecule has 2 aliphatic rings. The summed E-state index contributed by atoms with van der Waals surface area (Å²) >= 11 is 0. The van der Waals surface area contributed by atoms with Gasteiger partial charge in [-0.25, -0.2) is 0 Å². The van der Waals surface area contributed by atoms with E-state index >= 15 is 0 Å². The summed E-state index contributed by atoms with van der Waals surface area (Å²) in [5.41, 5.74) is 1.91. The van der Waals surface area contributed by atoms with Crippen LogP contribution in [0.25, 0.3) is 0 Å². The van der Waals surface area contributed by atoms with Gasteiger partial charge in [-0.05, 0) is 11.6 Å². The van der Waals surface area contributed by atoms with Crippen molar-refractivity contribution in [3.63, 3.8) is 0 Å². The summed E-state index contributed by atoms with van der Waals surface area (Å²) in [6, 6.07) is 15.8. The predicted octanol–water partition coefficient (Wildman–Crippen LogP) is 2.16. The molecule has 0 aromatic heterocycles. The lowest BCUT2D eigenvalue weighted by atomic mass is 9.93. The quantitative estimate of drug-likeness (QED) is 0.943. The van der Waals surface area contributed by atoms with E-state index in [-0.39, 0.29) is 0 Å². The maximum Gasteiger partial charge on any atom is 0.170 e. The summed E-state index contributed by atoms with van der Waals surface area (Å²) in [7, 11) is 1.66. The number of hydrogen-bond acceptors (Lipinski definition) is 4. The number of para-hydroxylation sites is 1. The van der Waals surface area contributed by atoms with E-state index in [4.69, 9.17) is 4.74 Å². The molecule has 4 rings (SSSR count). The molecular weight excluding hydrogens is 276 g/mol. The molecule has 0 aliphatic carbocycles. The number of nitrogens with zero attached hydrogens (tertiary/aromatic N) is 2. The van der Waals surface area contributed by atoms with Crippen molar-refractivity contribution in [2.24, 2.45) is 4.99 Å². The van der Waals surface area contributed by atoms with Crippen LogP contribution >= 0.6 is 0 Å². The Labute approximate surface area is 129 Å². The van der Waals surface area contributed by atoms with Crippen LogP contribution in [0, 0.1) is 0 Å². The minimum absolute atomic E-state index is 0.479. The highest BCUT2D eigenvalue weighted by molar-refractivity contribution is 6.04. The molecule has 0 bridgehead atoms.